The van der Waals surface area contributed by atoms with Gasteiger partial charge in [-0.3, -0.25) is 9.48 Å². The van der Waals surface area contributed by atoms with E-state index in [0.717, 1.165) is 15.7 Å². The van der Waals surface area contributed by atoms with Crippen molar-refractivity contribution in [3.63, 3.8) is 0 Å². The van der Waals surface area contributed by atoms with Crippen molar-refractivity contribution in [1.82, 2.24) is 9.78 Å². The van der Waals surface area contributed by atoms with Crippen molar-refractivity contribution in [3.05, 3.63) is 59.3 Å². The lowest BCUT2D eigenvalue weighted by molar-refractivity contribution is -0.112. The van der Waals surface area contributed by atoms with Gasteiger partial charge in [-0.25, -0.2) is 0 Å². The maximum Gasteiger partial charge on any atom is 0.266 e. The van der Waals surface area contributed by atoms with E-state index in [2.05, 4.69) is 15.7 Å². The van der Waals surface area contributed by atoms with Crippen LogP contribution in [0.15, 0.2) is 64.3 Å². The second-order valence-electron chi connectivity index (χ2n) is 4.76. The van der Waals surface area contributed by atoms with Gasteiger partial charge in [0, 0.05) is 12.7 Å². The lowest BCUT2D eigenvalue weighted by atomic mass is 10.2. The quantitative estimate of drug-likeness (QED) is 0.670. The van der Waals surface area contributed by atoms with Crippen LogP contribution >= 0.6 is 11.8 Å². The van der Waals surface area contributed by atoms with Gasteiger partial charge in [0.1, 0.15) is 16.7 Å². The van der Waals surface area contributed by atoms with Crippen LogP contribution in [-0.2, 0) is 11.8 Å². The van der Waals surface area contributed by atoms with Crippen LogP contribution in [0.2, 0.25) is 0 Å². The minimum absolute atomic E-state index is 0.0397. The number of para-hydroxylation sites is 1. The monoisotopic (exact) mass is 323 g/mol. The van der Waals surface area contributed by atoms with Crippen LogP contribution in [0.3, 0.4) is 0 Å². The Bertz CT molecular complexity index is 845. The first-order chi connectivity index (χ1) is 11.2. The van der Waals surface area contributed by atoms with Gasteiger partial charge < -0.3 is 10.6 Å². The number of nitrogens with zero attached hydrogens (tertiary/aromatic N) is 3. The molecule has 6 nitrogen and oxygen atoms in total. The second kappa shape index (κ2) is 6.42. The molecular formula is C16H13N5OS. The average molecular weight is 323 g/mol. The molecule has 0 saturated carbocycles. The van der Waals surface area contributed by atoms with Crippen LogP contribution in [-0.4, -0.2) is 15.7 Å². The number of hydrogen-bond donors (Lipinski definition) is 2. The number of carbonyl (C=O) groups excluding carboxylic acids is 1. The van der Waals surface area contributed by atoms with Crippen LogP contribution in [0.4, 0.5) is 11.4 Å². The van der Waals surface area contributed by atoms with Gasteiger partial charge in [0.05, 0.1) is 16.9 Å². The molecule has 2 heterocycles. The summed E-state index contributed by atoms with van der Waals surface area (Å²) in [5.41, 5.74) is 1.61. The summed E-state index contributed by atoms with van der Waals surface area (Å²) in [7, 11) is 1.86. The van der Waals surface area contributed by atoms with E-state index >= 15 is 0 Å². The number of rotatable bonds is 3. The molecule has 0 aliphatic carbocycles. The van der Waals surface area contributed by atoms with Crippen molar-refractivity contribution in [2.45, 2.75) is 5.03 Å². The minimum Gasteiger partial charge on any atom is -0.346 e. The fraction of sp³-hybridized carbons (Fsp3) is 0.0625. The van der Waals surface area contributed by atoms with Crippen molar-refractivity contribution in [3.8, 4) is 6.07 Å². The number of allylic oxidation sites excluding steroid dienone is 2. The zero-order valence-electron chi connectivity index (χ0n) is 12.3. The molecule has 23 heavy (non-hydrogen) atoms. The minimum atomic E-state index is -0.433. The van der Waals surface area contributed by atoms with Crippen LogP contribution in [0.25, 0.3) is 0 Å². The van der Waals surface area contributed by atoms with Crippen LogP contribution in [0, 0.1) is 11.3 Å². The first kappa shape index (κ1) is 14.9. The summed E-state index contributed by atoms with van der Waals surface area (Å²) in [4.78, 5) is 12.1. The molecule has 1 aliphatic rings. The normalized spacial score (nSPS) is 15.0. The number of fused-ring (bicyclic) bond motifs is 1. The van der Waals surface area contributed by atoms with Gasteiger partial charge in [0.25, 0.3) is 5.91 Å². The molecule has 0 unspecified atom stereocenters. The average Bonchev–Trinajstić information content (AvgIpc) is 3.11. The fourth-order valence-corrected chi connectivity index (χ4v) is 2.91. The Balaban J connectivity index is 1.72. The number of nitrogens with one attached hydrogen (secondary N) is 2. The third-order valence-corrected chi connectivity index (χ3v) is 4.28. The maximum absolute atomic E-state index is 12.1. The van der Waals surface area contributed by atoms with Gasteiger partial charge >= 0.3 is 0 Å². The van der Waals surface area contributed by atoms with Crippen molar-refractivity contribution in [2.75, 3.05) is 10.6 Å². The van der Waals surface area contributed by atoms with Gasteiger partial charge in [-0.05, 0) is 24.3 Å². The summed E-state index contributed by atoms with van der Waals surface area (Å²) < 4.78 is 1.77. The van der Waals surface area contributed by atoms with Crippen LogP contribution in [0.5, 0.6) is 0 Å². The summed E-state index contributed by atoms with van der Waals surface area (Å²) in [6, 6.07) is 10.9. The maximum atomic E-state index is 12.1. The van der Waals surface area contributed by atoms with E-state index in [1.807, 2.05) is 31.3 Å². The topological polar surface area (TPSA) is 82.7 Å². The summed E-state index contributed by atoms with van der Waals surface area (Å²) in [6.07, 6.45) is 4.96. The number of nitriles is 1. The second-order valence-corrected chi connectivity index (χ2v) is 5.79. The molecule has 1 amide bonds. The summed E-state index contributed by atoms with van der Waals surface area (Å²) in [5.74, 6) is -0.433. The predicted octanol–water partition coefficient (Wildman–Crippen LogP) is 2.87. The standard InChI is InChI=1S/C16H13N5OS/c1-21-16-13(10-18-21)20-14(23-16)8-7-11(9-17)15(22)19-12-5-3-2-4-6-12/h2-8,10,20H,1H3,(H,19,22). The Morgan fingerprint density at radius 3 is 2.91 bits per heavy atom. The lowest BCUT2D eigenvalue weighted by Crippen LogP contribution is -2.13. The number of benzene rings is 1. The molecule has 0 saturated heterocycles. The van der Waals surface area contributed by atoms with Gasteiger partial charge in [0.2, 0.25) is 0 Å². The van der Waals surface area contributed by atoms with E-state index in [9.17, 15) is 10.1 Å². The van der Waals surface area contributed by atoms with E-state index in [-0.39, 0.29) is 5.57 Å². The van der Waals surface area contributed by atoms with E-state index in [1.54, 1.807) is 29.1 Å². The smallest absolute Gasteiger partial charge is 0.266 e. The third-order valence-electron chi connectivity index (χ3n) is 3.15. The molecule has 0 spiro atoms. The van der Waals surface area contributed by atoms with E-state index in [1.165, 1.54) is 17.8 Å². The largest absolute Gasteiger partial charge is 0.346 e. The highest BCUT2D eigenvalue weighted by Crippen LogP contribution is 2.40. The van der Waals surface area contributed by atoms with Gasteiger partial charge in [-0.15, -0.1) is 0 Å². The predicted molar refractivity (Wildman–Crippen MR) is 89.5 cm³/mol. The van der Waals surface area contributed by atoms with Crippen molar-refractivity contribution in [1.29, 1.82) is 5.26 Å². The lowest BCUT2D eigenvalue weighted by Gasteiger charge is -2.03. The number of hydrogen-bond acceptors (Lipinski definition) is 5. The molecule has 2 N–H and O–H groups in total. The highest BCUT2D eigenvalue weighted by atomic mass is 32.2. The zero-order chi connectivity index (χ0) is 16.2. The number of anilines is 2. The van der Waals surface area contributed by atoms with E-state index < -0.39 is 5.91 Å². The number of amides is 1. The van der Waals surface area contributed by atoms with Crippen molar-refractivity contribution < 1.29 is 4.79 Å². The first-order valence-corrected chi connectivity index (χ1v) is 7.64. The Kier molecular flexibility index (Phi) is 4.17. The van der Waals surface area contributed by atoms with E-state index in [4.69, 9.17) is 0 Å². The summed E-state index contributed by atoms with van der Waals surface area (Å²) in [5, 5.41) is 21.0. The Morgan fingerprint density at radius 2 is 2.22 bits per heavy atom. The molecule has 0 bridgehead atoms. The van der Waals surface area contributed by atoms with Crippen LogP contribution in [0.1, 0.15) is 0 Å². The molecule has 2 aromatic rings. The third kappa shape index (κ3) is 3.27. The number of aromatic nitrogens is 2. The van der Waals surface area contributed by atoms with Gasteiger partial charge in [0.15, 0.2) is 0 Å². The Labute approximate surface area is 137 Å². The molecule has 7 heteroatoms. The van der Waals surface area contributed by atoms with Crippen molar-refractivity contribution >= 4 is 29.0 Å². The van der Waals surface area contributed by atoms with E-state index in [0.29, 0.717) is 5.69 Å². The zero-order valence-corrected chi connectivity index (χ0v) is 13.1. The molecule has 0 fully saturated rings. The fourth-order valence-electron chi connectivity index (χ4n) is 2.01. The molecule has 3 rings (SSSR count). The number of aryl methyl sites for hydroxylation is 1. The molecule has 1 aromatic carbocycles. The SMILES string of the molecule is Cn1ncc2c1SC(=CC=C(C#N)C(=O)Nc1ccccc1)N2. The highest BCUT2D eigenvalue weighted by molar-refractivity contribution is 8.03. The summed E-state index contributed by atoms with van der Waals surface area (Å²) in [6.45, 7) is 0. The molecule has 1 aromatic heterocycles. The first-order valence-electron chi connectivity index (χ1n) is 6.83. The summed E-state index contributed by atoms with van der Waals surface area (Å²) >= 11 is 1.50. The van der Waals surface area contributed by atoms with Gasteiger partial charge in [-0.2, -0.15) is 10.4 Å². The number of carbonyl (C=O) groups is 1. The molecule has 0 radical (unpaired) electrons. The molecule has 114 valence electrons. The Hall–Kier alpha value is -2.98. The van der Waals surface area contributed by atoms with Crippen molar-refractivity contribution in [2.24, 2.45) is 7.05 Å². The van der Waals surface area contributed by atoms with Crippen LogP contribution < -0.4 is 10.6 Å². The van der Waals surface area contributed by atoms with Gasteiger partial charge in [-0.1, -0.05) is 30.0 Å². The molecular weight excluding hydrogens is 310 g/mol. The molecule has 1 aliphatic heterocycles. The molecule has 0 atom stereocenters. The number of thioether (sulfide) groups is 1. The highest BCUT2D eigenvalue weighted by Gasteiger charge is 2.19. The Morgan fingerprint density at radius 1 is 1.43 bits per heavy atom.